The maximum Gasteiger partial charge on any atom is 0.141 e. The van der Waals surface area contributed by atoms with Crippen LogP contribution in [0, 0.1) is 0 Å². The highest BCUT2D eigenvalue weighted by Gasteiger charge is 2.19. The molecular weight excluding hydrogens is 360 g/mol. The fraction of sp³-hybridized carbons (Fsp3) is 0.400. The number of benzene rings is 2. The molecule has 154 valence electrons. The van der Waals surface area contributed by atoms with Crippen molar-refractivity contribution in [1.82, 2.24) is 9.88 Å². The maximum atomic E-state index is 11.2. The van der Waals surface area contributed by atoms with Gasteiger partial charge in [0.05, 0.1) is 11.8 Å². The second-order valence-corrected chi connectivity index (χ2v) is 7.66. The van der Waals surface area contributed by atoms with Crippen molar-refractivity contribution in [3.8, 4) is 17.0 Å². The van der Waals surface area contributed by atoms with Crippen molar-refractivity contribution in [2.24, 2.45) is 0 Å². The van der Waals surface area contributed by atoms with E-state index in [2.05, 4.69) is 18.7 Å². The number of pyridine rings is 1. The molecule has 2 aromatic carbocycles. The van der Waals surface area contributed by atoms with Gasteiger partial charge in [0.1, 0.15) is 11.3 Å². The van der Waals surface area contributed by atoms with E-state index in [0.29, 0.717) is 12.1 Å². The predicted molar refractivity (Wildman–Crippen MR) is 120 cm³/mol. The molecule has 0 saturated heterocycles. The molecule has 29 heavy (non-hydrogen) atoms. The molecule has 0 amide bonds. The Hall–Kier alpha value is -2.43. The number of aromatic hydroxyl groups is 1. The fourth-order valence-electron chi connectivity index (χ4n) is 3.69. The molecule has 1 atom stereocenters. The summed E-state index contributed by atoms with van der Waals surface area (Å²) in [5.74, 6) is 0.141. The third-order valence-electron chi connectivity index (χ3n) is 5.37. The van der Waals surface area contributed by atoms with Gasteiger partial charge < -0.3 is 15.1 Å². The number of phenols is 1. The standard InChI is InChI=1S/C25H32N2O2/c1-3-5-15-27(16-6-4-2)18-24(29)21-17-22(19-11-8-7-9-12-19)26-25-20(21)13-10-14-23(25)28/h7-14,17,24,28-29H,3-6,15-16,18H2,1-2H3/t24-/m0/s1. The van der Waals surface area contributed by atoms with Crippen LogP contribution in [0.1, 0.15) is 51.2 Å². The molecular formula is C25H32N2O2. The number of unbranched alkanes of at least 4 members (excludes halogenated alkanes) is 2. The van der Waals surface area contributed by atoms with E-state index in [1.54, 1.807) is 6.07 Å². The summed E-state index contributed by atoms with van der Waals surface area (Å²) in [5.41, 5.74) is 3.10. The van der Waals surface area contributed by atoms with Crippen LogP contribution in [0.15, 0.2) is 54.6 Å². The number of rotatable bonds is 10. The van der Waals surface area contributed by atoms with Gasteiger partial charge in [0.15, 0.2) is 0 Å². The van der Waals surface area contributed by atoms with Crippen molar-refractivity contribution in [2.75, 3.05) is 19.6 Å². The molecule has 4 nitrogen and oxygen atoms in total. The van der Waals surface area contributed by atoms with E-state index < -0.39 is 6.10 Å². The number of aromatic nitrogens is 1. The summed E-state index contributed by atoms with van der Waals surface area (Å²) in [6.45, 7) is 6.96. The zero-order valence-electron chi connectivity index (χ0n) is 17.5. The number of hydrogen-bond acceptors (Lipinski definition) is 4. The molecule has 1 aromatic heterocycles. The van der Waals surface area contributed by atoms with Crippen LogP contribution in [-0.4, -0.2) is 39.7 Å². The Morgan fingerprint density at radius 1 is 0.931 bits per heavy atom. The van der Waals surface area contributed by atoms with Gasteiger partial charge in [0, 0.05) is 17.5 Å². The molecule has 0 aliphatic rings. The van der Waals surface area contributed by atoms with Crippen molar-refractivity contribution < 1.29 is 10.2 Å². The number of hydrogen-bond donors (Lipinski definition) is 2. The van der Waals surface area contributed by atoms with Crippen LogP contribution in [0.2, 0.25) is 0 Å². The molecule has 3 rings (SSSR count). The predicted octanol–water partition coefficient (Wildman–Crippen LogP) is 5.54. The number of aliphatic hydroxyl groups excluding tert-OH is 1. The van der Waals surface area contributed by atoms with Crippen molar-refractivity contribution >= 4 is 10.9 Å². The first-order chi connectivity index (χ1) is 14.1. The Kier molecular flexibility index (Phi) is 7.62. The second kappa shape index (κ2) is 10.4. The molecule has 0 spiro atoms. The van der Waals surface area contributed by atoms with Crippen LogP contribution in [0.25, 0.3) is 22.2 Å². The van der Waals surface area contributed by atoms with Crippen molar-refractivity contribution in [3.05, 3.63) is 60.2 Å². The molecule has 0 unspecified atom stereocenters. The van der Waals surface area contributed by atoms with Crippen LogP contribution in [0.4, 0.5) is 0 Å². The fourth-order valence-corrected chi connectivity index (χ4v) is 3.69. The zero-order valence-corrected chi connectivity index (χ0v) is 17.5. The van der Waals surface area contributed by atoms with Crippen molar-refractivity contribution in [3.63, 3.8) is 0 Å². The average Bonchev–Trinajstić information content (AvgIpc) is 2.75. The Morgan fingerprint density at radius 2 is 1.62 bits per heavy atom. The minimum Gasteiger partial charge on any atom is -0.506 e. The molecule has 4 heteroatoms. The lowest BCUT2D eigenvalue weighted by Gasteiger charge is -2.26. The molecule has 0 saturated carbocycles. The number of nitrogens with zero attached hydrogens (tertiary/aromatic N) is 2. The summed E-state index contributed by atoms with van der Waals surface area (Å²) in [5, 5.41) is 22.4. The van der Waals surface area contributed by atoms with Gasteiger partial charge in [-0.25, -0.2) is 4.98 Å². The summed E-state index contributed by atoms with van der Waals surface area (Å²) in [6.07, 6.45) is 3.90. The highest BCUT2D eigenvalue weighted by atomic mass is 16.3. The van der Waals surface area contributed by atoms with Gasteiger partial charge in [-0.1, -0.05) is 69.2 Å². The van der Waals surface area contributed by atoms with E-state index in [9.17, 15) is 10.2 Å². The van der Waals surface area contributed by atoms with Crippen molar-refractivity contribution in [2.45, 2.75) is 45.6 Å². The monoisotopic (exact) mass is 392 g/mol. The van der Waals surface area contributed by atoms with Gasteiger partial charge in [-0.3, -0.25) is 0 Å². The Labute approximate surface area is 173 Å². The van der Waals surface area contributed by atoms with Crippen LogP contribution < -0.4 is 0 Å². The van der Waals surface area contributed by atoms with Gasteiger partial charge in [-0.15, -0.1) is 0 Å². The molecule has 0 aliphatic heterocycles. The zero-order chi connectivity index (χ0) is 20.6. The first-order valence-electron chi connectivity index (χ1n) is 10.7. The van der Waals surface area contributed by atoms with Gasteiger partial charge in [0.25, 0.3) is 0 Å². The Morgan fingerprint density at radius 3 is 2.28 bits per heavy atom. The van der Waals surface area contributed by atoms with Gasteiger partial charge >= 0.3 is 0 Å². The third kappa shape index (κ3) is 5.34. The highest BCUT2D eigenvalue weighted by molar-refractivity contribution is 5.89. The lowest BCUT2D eigenvalue weighted by molar-refractivity contribution is 0.112. The molecule has 0 radical (unpaired) electrons. The van der Waals surface area contributed by atoms with Crippen LogP contribution in [0.5, 0.6) is 5.75 Å². The minimum absolute atomic E-state index is 0.141. The molecule has 0 bridgehead atoms. The molecule has 2 N–H and O–H groups in total. The van der Waals surface area contributed by atoms with Crippen LogP contribution >= 0.6 is 0 Å². The SMILES string of the molecule is CCCCN(CCCC)C[C@H](O)c1cc(-c2ccccc2)nc2c(O)cccc12. The van der Waals surface area contributed by atoms with E-state index >= 15 is 0 Å². The van der Waals surface area contributed by atoms with Gasteiger partial charge in [0.2, 0.25) is 0 Å². The number of para-hydroxylation sites is 1. The highest BCUT2D eigenvalue weighted by Crippen LogP contribution is 2.33. The Balaban J connectivity index is 1.98. The lowest BCUT2D eigenvalue weighted by Crippen LogP contribution is -2.31. The van der Waals surface area contributed by atoms with Gasteiger partial charge in [-0.05, 0) is 43.6 Å². The van der Waals surface area contributed by atoms with E-state index in [1.165, 1.54) is 0 Å². The second-order valence-electron chi connectivity index (χ2n) is 7.66. The number of fused-ring (bicyclic) bond motifs is 1. The summed E-state index contributed by atoms with van der Waals surface area (Å²) in [4.78, 5) is 7.05. The molecule has 1 heterocycles. The molecule has 0 aliphatic carbocycles. The number of aliphatic hydroxyl groups is 1. The topological polar surface area (TPSA) is 56.6 Å². The number of phenolic OH excluding ortho intramolecular Hbond substituents is 1. The summed E-state index contributed by atoms with van der Waals surface area (Å²) < 4.78 is 0. The molecule has 3 aromatic rings. The first-order valence-corrected chi connectivity index (χ1v) is 10.7. The van der Waals surface area contributed by atoms with E-state index in [0.717, 1.165) is 61.0 Å². The first kappa shape index (κ1) is 21.3. The largest absolute Gasteiger partial charge is 0.506 e. The lowest BCUT2D eigenvalue weighted by atomic mass is 9.99. The average molecular weight is 393 g/mol. The quantitative estimate of drug-likeness (QED) is 0.475. The van der Waals surface area contributed by atoms with Gasteiger partial charge in [-0.2, -0.15) is 0 Å². The minimum atomic E-state index is -0.640. The van der Waals surface area contributed by atoms with E-state index in [-0.39, 0.29) is 5.75 Å². The van der Waals surface area contributed by atoms with Crippen LogP contribution in [-0.2, 0) is 0 Å². The van der Waals surface area contributed by atoms with E-state index in [4.69, 9.17) is 4.98 Å². The summed E-state index contributed by atoms with van der Waals surface area (Å²) in [7, 11) is 0. The van der Waals surface area contributed by atoms with Crippen molar-refractivity contribution in [1.29, 1.82) is 0 Å². The van der Waals surface area contributed by atoms with Crippen LogP contribution in [0.3, 0.4) is 0 Å². The third-order valence-corrected chi connectivity index (χ3v) is 5.37. The van der Waals surface area contributed by atoms with E-state index in [1.807, 2.05) is 48.5 Å². The summed E-state index contributed by atoms with van der Waals surface area (Å²) in [6, 6.07) is 17.3. The normalized spacial score (nSPS) is 12.6. The molecule has 0 fully saturated rings. The maximum absolute atomic E-state index is 11.2. The smallest absolute Gasteiger partial charge is 0.141 e. The summed E-state index contributed by atoms with van der Waals surface area (Å²) >= 11 is 0. The Bertz CT molecular complexity index is 903.